The minimum Gasteiger partial charge on any atom is -0.393 e. The Labute approximate surface area is 228 Å². The molecule has 0 aromatic heterocycles. The van der Waals surface area contributed by atoms with Gasteiger partial charge in [-0.3, -0.25) is 4.79 Å². The van der Waals surface area contributed by atoms with Crippen LogP contribution in [-0.2, 0) is 14.3 Å². The number of ether oxygens (including phenoxy) is 2. The largest absolute Gasteiger partial charge is 0.393 e. The summed E-state index contributed by atoms with van der Waals surface area (Å²) in [5, 5.41) is 44.5. The first-order valence-corrected chi connectivity index (χ1v) is 14.2. The number of ketones is 1. The third-order valence-corrected chi connectivity index (χ3v) is 12.2. The second-order valence-corrected chi connectivity index (χ2v) is 14.5. The highest BCUT2D eigenvalue weighted by atomic mass is 16.7. The Morgan fingerprint density at radius 1 is 1.03 bits per heavy atom. The van der Waals surface area contributed by atoms with Crippen LogP contribution in [0.3, 0.4) is 0 Å². The highest BCUT2D eigenvalue weighted by Crippen LogP contribution is 2.63. The van der Waals surface area contributed by atoms with Crippen molar-refractivity contribution in [2.24, 2.45) is 28.1 Å². The number of hydrogen-bond acceptors (Lipinski definition) is 7. The summed E-state index contributed by atoms with van der Waals surface area (Å²) in [6, 6.07) is 0. The van der Waals surface area contributed by atoms with Gasteiger partial charge in [-0.25, -0.2) is 0 Å². The van der Waals surface area contributed by atoms with Gasteiger partial charge in [0.2, 0.25) is 0 Å². The number of carbonyl (C=O) groups excluding carboxylic acids is 1. The van der Waals surface area contributed by atoms with Crippen LogP contribution in [0.25, 0.3) is 0 Å². The van der Waals surface area contributed by atoms with Crippen LogP contribution in [0.4, 0.5) is 0 Å². The molecule has 7 heteroatoms. The van der Waals surface area contributed by atoms with E-state index >= 15 is 0 Å². The zero-order chi connectivity index (χ0) is 28.8. The van der Waals surface area contributed by atoms with E-state index in [1.54, 1.807) is 0 Å². The third-order valence-electron chi connectivity index (χ3n) is 12.2. The summed E-state index contributed by atoms with van der Waals surface area (Å²) < 4.78 is 12.6. The molecule has 216 valence electrons. The number of carbonyl (C=O) groups is 1. The molecule has 0 aromatic carbocycles. The number of hydrogen-bond donors (Lipinski definition) is 4. The standard InChI is InChI=1S/C31H50O7/c1-10-24(2)15-13-21-20(17-24)11-12-22-25(21,3)16-14-23(33)26(22,4)19-37-31(9)30(8,36)29(7,35)28(6,34)27(5,18-32)38-31/h10-11,21-22,32,34-36H,1,12-19H2,2-9H3/t21-,22?,24-,25+,26+,27+,28+,29-,30-,31+/m0/s1. The summed E-state index contributed by atoms with van der Waals surface area (Å²) in [5.74, 6) is -1.24. The number of aliphatic hydroxyl groups is 4. The lowest BCUT2D eigenvalue weighted by Crippen LogP contribution is -2.85. The molecule has 10 atom stereocenters. The molecule has 38 heavy (non-hydrogen) atoms. The van der Waals surface area contributed by atoms with Crippen molar-refractivity contribution < 1.29 is 34.7 Å². The molecule has 0 amide bonds. The molecule has 0 aromatic rings. The molecule has 4 aliphatic rings. The van der Waals surface area contributed by atoms with Gasteiger partial charge in [0.1, 0.15) is 28.2 Å². The van der Waals surface area contributed by atoms with E-state index in [2.05, 4.69) is 32.6 Å². The van der Waals surface area contributed by atoms with Gasteiger partial charge in [-0.2, -0.15) is 0 Å². The summed E-state index contributed by atoms with van der Waals surface area (Å²) in [5.41, 5.74) is -7.14. The van der Waals surface area contributed by atoms with Gasteiger partial charge >= 0.3 is 0 Å². The molecule has 7 nitrogen and oxygen atoms in total. The van der Waals surface area contributed by atoms with Gasteiger partial charge in [-0.05, 0) is 89.4 Å². The predicted octanol–water partition coefficient (Wildman–Crippen LogP) is 4.07. The fourth-order valence-corrected chi connectivity index (χ4v) is 8.34. The van der Waals surface area contributed by atoms with Crippen molar-refractivity contribution in [2.45, 2.75) is 122 Å². The quantitative estimate of drug-likeness (QED) is 0.393. The van der Waals surface area contributed by atoms with Crippen LogP contribution in [0.15, 0.2) is 24.3 Å². The average Bonchev–Trinajstić information content (AvgIpc) is 2.84. The SMILES string of the molecule is C=C[C@@]1(C)CC[C@H]2C(=CCC3[C@@](C)(CO[C@]4(C)O[C@](C)(CO)[C@@](C)(O)[C@](C)(O)[C@]4(C)O)C(=O)CC[C@@]32C)C1. The first-order chi connectivity index (χ1) is 17.2. The maximum absolute atomic E-state index is 13.6. The van der Waals surface area contributed by atoms with Crippen molar-refractivity contribution in [2.75, 3.05) is 13.2 Å². The van der Waals surface area contributed by atoms with Gasteiger partial charge in [0, 0.05) is 6.42 Å². The first kappa shape index (κ1) is 29.9. The molecule has 0 spiro atoms. The molecule has 3 fully saturated rings. The van der Waals surface area contributed by atoms with E-state index in [9.17, 15) is 25.2 Å². The monoisotopic (exact) mass is 534 g/mol. The highest BCUT2D eigenvalue weighted by molar-refractivity contribution is 5.86. The molecule has 0 radical (unpaired) electrons. The van der Waals surface area contributed by atoms with Gasteiger partial charge in [0.15, 0.2) is 5.79 Å². The average molecular weight is 535 g/mol. The molecule has 1 saturated heterocycles. The van der Waals surface area contributed by atoms with E-state index in [1.807, 2.05) is 6.92 Å². The number of fused-ring (bicyclic) bond motifs is 3. The Bertz CT molecular complexity index is 1030. The maximum Gasteiger partial charge on any atom is 0.197 e. The van der Waals surface area contributed by atoms with Gasteiger partial charge in [0.25, 0.3) is 0 Å². The molecular weight excluding hydrogens is 484 g/mol. The summed E-state index contributed by atoms with van der Waals surface area (Å²) in [4.78, 5) is 13.6. The summed E-state index contributed by atoms with van der Waals surface area (Å²) >= 11 is 0. The Morgan fingerprint density at radius 3 is 2.24 bits per heavy atom. The number of aliphatic hydroxyl groups excluding tert-OH is 1. The molecule has 1 heterocycles. The van der Waals surface area contributed by atoms with Crippen molar-refractivity contribution in [3.05, 3.63) is 24.3 Å². The maximum atomic E-state index is 13.6. The van der Waals surface area contributed by atoms with Crippen LogP contribution >= 0.6 is 0 Å². The molecule has 1 unspecified atom stereocenters. The zero-order valence-electron chi connectivity index (χ0n) is 24.7. The van der Waals surface area contributed by atoms with Gasteiger partial charge in [0.05, 0.1) is 18.6 Å². The van der Waals surface area contributed by atoms with Gasteiger partial charge in [-0.15, -0.1) is 6.58 Å². The lowest BCUT2D eigenvalue weighted by Gasteiger charge is -2.65. The van der Waals surface area contributed by atoms with E-state index in [-0.39, 0.29) is 29.1 Å². The van der Waals surface area contributed by atoms with E-state index in [1.165, 1.54) is 40.2 Å². The Kier molecular flexibility index (Phi) is 6.84. The number of Topliss-reactive ketones (excluding diaryl/α,β-unsaturated/α-hetero) is 1. The lowest BCUT2D eigenvalue weighted by molar-refractivity contribution is -0.459. The van der Waals surface area contributed by atoms with Crippen molar-refractivity contribution in [1.29, 1.82) is 0 Å². The van der Waals surface area contributed by atoms with Crippen LogP contribution in [0.2, 0.25) is 0 Å². The smallest absolute Gasteiger partial charge is 0.197 e. The molecule has 3 aliphatic carbocycles. The third kappa shape index (κ3) is 3.72. The van der Waals surface area contributed by atoms with E-state index in [0.717, 1.165) is 32.1 Å². The van der Waals surface area contributed by atoms with Crippen LogP contribution in [0.5, 0.6) is 0 Å². The highest BCUT2D eigenvalue weighted by Gasteiger charge is 2.75. The topological polar surface area (TPSA) is 116 Å². The Hall–Kier alpha value is -1.09. The fourth-order valence-electron chi connectivity index (χ4n) is 8.34. The van der Waals surface area contributed by atoms with E-state index in [0.29, 0.717) is 12.3 Å². The Balaban J connectivity index is 1.67. The normalized spacial score (nSPS) is 55.1. The molecule has 4 rings (SSSR count). The van der Waals surface area contributed by atoms with E-state index in [4.69, 9.17) is 9.47 Å². The number of rotatable bonds is 5. The van der Waals surface area contributed by atoms with Gasteiger partial charge in [-0.1, -0.05) is 38.5 Å². The molecule has 2 saturated carbocycles. The predicted molar refractivity (Wildman–Crippen MR) is 145 cm³/mol. The second kappa shape index (κ2) is 8.70. The van der Waals surface area contributed by atoms with Crippen molar-refractivity contribution in [1.82, 2.24) is 0 Å². The minimum absolute atomic E-state index is 0.0151. The summed E-state index contributed by atoms with van der Waals surface area (Å²) in [6.45, 7) is 17.0. The van der Waals surface area contributed by atoms with Crippen LogP contribution in [0, 0.1) is 28.1 Å². The van der Waals surface area contributed by atoms with Crippen molar-refractivity contribution in [3.63, 3.8) is 0 Å². The first-order valence-electron chi connectivity index (χ1n) is 14.2. The van der Waals surface area contributed by atoms with Crippen LogP contribution in [0.1, 0.15) is 93.9 Å². The van der Waals surface area contributed by atoms with Gasteiger partial charge < -0.3 is 29.9 Å². The molecule has 0 bridgehead atoms. The summed E-state index contributed by atoms with van der Waals surface area (Å²) in [6.07, 6.45) is 9.65. The lowest BCUT2D eigenvalue weighted by atomic mass is 9.45. The van der Waals surface area contributed by atoms with Crippen LogP contribution in [-0.4, -0.2) is 67.6 Å². The fraction of sp³-hybridized carbons (Fsp3) is 0.839. The molecule has 1 aliphatic heterocycles. The van der Waals surface area contributed by atoms with Crippen molar-refractivity contribution in [3.8, 4) is 0 Å². The Morgan fingerprint density at radius 2 is 1.66 bits per heavy atom. The number of allylic oxidation sites excluding steroid dienone is 3. The van der Waals surface area contributed by atoms with Crippen LogP contribution < -0.4 is 0 Å². The minimum atomic E-state index is -2.11. The van der Waals surface area contributed by atoms with E-state index < -0.39 is 40.2 Å². The molecular formula is C31H50O7. The zero-order valence-corrected chi connectivity index (χ0v) is 24.7. The second-order valence-electron chi connectivity index (χ2n) is 14.5. The summed E-state index contributed by atoms with van der Waals surface area (Å²) in [7, 11) is 0. The van der Waals surface area contributed by atoms with Crippen molar-refractivity contribution >= 4 is 5.78 Å². The molecule has 4 N–H and O–H groups in total.